The molecule has 0 spiro atoms. The molecule has 1 atom stereocenters. The average molecular weight is 324 g/mol. The third-order valence-corrected chi connectivity index (χ3v) is 4.04. The van der Waals surface area contributed by atoms with Crippen LogP contribution in [0.3, 0.4) is 0 Å². The second-order valence-electron chi connectivity index (χ2n) is 5.50. The van der Waals surface area contributed by atoms with Crippen LogP contribution in [0.2, 0.25) is 5.02 Å². The number of hydrogen-bond donors (Lipinski definition) is 1. The predicted molar refractivity (Wildman–Crippen MR) is 82.2 cm³/mol. The Labute approximate surface area is 133 Å². The zero-order valence-corrected chi connectivity index (χ0v) is 12.6. The molecule has 0 radical (unpaired) electrons. The third kappa shape index (κ3) is 3.57. The average Bonchev–Trinajstić information content (AvgIpc) is 2.44. The normalized spacial score (nSPS) is 16.1. The summed E-state index contributed by atoms with van der Waals surface area (Å²) in [6.07, 6.45) is 0.408. The van der Waals surface area contributed by atoms with Crippen LogP contribution in [0.15, 0.2) is 42.5 Å². The van der Waals surface area contributed by atoms with Gasteiger partial charge in [0.15, 0.2) is 11.6 Å². The first kappa shape index (κ1) is 15.3. The molecule has 1 N–H and O–H groups in total. The van der Waals surface area contributed by atoms with E-state index in [1.165, 1.54) is 6.07 Å². The van der Waals surface area contributed by atoms with E-state index in [0.717, 1.165) is 25.6 Å². The predicted octanol–water partition coefficient (Wildman–Crippen LogP) is 4.35. The SMILES string of the molecule is Fc1ccc(C(CC2CNC2)Oc2cccc(Cl)c2)cc1F. The Kier molecular flexibility index (Phi) is 4.60. The molecular formula is C17H16ClF2NO. The molecule has 2 aromatic carbocycles. The van der Waals surface area contributed by atoms with Crippen molar-refractivity contribution in [2.24, 2.45) is 5.92 Å². The van der Waals surface area contributed by atoms with Crippen molar-refractivity contribution in [3.8, 4) is 5.75 Å². The molecule has 3 rings (SSSR count). The van der Waals surface area contributed by atoms with Crippen LogP contribution in [-0.2, 0) is 0 Å². The molecule has 1 fully saturated rings. The zero-order valence-electron chi connectivity index (χ0n) is 11.9. The second-order valence-corrected chi connectivity index (χ2v) is 5.93. The standard InChI is InChI=1S/C17H16ClF2NO/c18-13-2-1-3-14(8-13)22-17(6-11-9-21-10-11)12-4-5-15(19)16(20)7-12/h1-5,7-8,11,17,21H,6,9-10H2. The third-order valence-electron chi connectivity index (χ3n) is 3.80. The minimum absolute atomic E-state index is 0.333. The summed E-state index contributed by atoms with van der Waals surface area (Å²) in [5.74, 6) is -0.619. The van der Waals surface area contributed by atoms with Gasteiger partial charge in [-0.1, -0.05) is 23.7 Å². The van der Waals surface area contributed by atoms with E-state index < -0.39 is 11.6 Å². The van der Waals surface area contributed by atoms with E-state index in [2.05, 4.69) is 5.32 Å². The highest BCUT2D eigenvalue weighted by molar-refractivity contribution is 6.30. The topological polar surface area (TPSA) is 21.3 Å². The van der Waals surface area contributed by atoms with Gasteiger partial charge < -0.3 is 10.1 Å². The Hall–Kier alpha value is -1.65. The van der Waals surface area contributed by atoms with E-state index in [1.807, 2.05) is 0 Å². The molecule has 0 aliphatic carbocycles. The molecule has 0 saturated carbocycles. The van der Waals surface area contributed by atoms with Crippen LogP contribution in [0.5, 0.6) is 5.75 Å². The number of halogens is 3. The molecule has 2 aromatic rings. The molecule has 1 aliphatic heterocycles. The summed E-state index contributed by atoms with van der Waals surface area (Å²) in [6.45, 7) is 1.83. The lowest BCUT2D eigenvalue weighted by molar-refractivity contribution is 0.149. The highest BCUT2D eigenvalue weighted by Gasteiger charge is 2.25. The number of rotatable bonds is 5. The largest absolute Gasteiger partial charge is 0.486 e. The van der Waals surface area contributed by atoms with E-state index in [9.17, 15) is 8.78 Å². The van der Waals surface area contributed by atoms with Crippen molar-refractivity contribution in [3.05, 3.63) is 64.7 Å². The fraction of sp³-hybridized carbons (Fsp3) is 0.294. The summed E-state index contributed by atoms with van der Waals surface area (Å²) in [5.41, 5.74) is 0.630. The van der Waals surface area contributed by atoms with E-state index in [-0.39, 0.29) is 6.10 Å². The number of benzene rings is 2. The van der Waals surface area contributed by atoms with E-state index >= 15 is 0 Å². The quantitative estimate of drug-likeness (QED) is 0.883. The van der Waals surface area contributed by atoms with Gasteiger partial charge >= 0.3 is 0 Å². The zero-order chi connectivity index (χ0) is 15.5. The fourth-order valence-electron chi connectivity index (χ4n) is 2.49. The molecule has 1 aliphatic rings. The van der Waals surface area contributed by atoms with Gasteiger partial charge in [0, 0.05) is 5.02 Å². The lowest BCUT2D eigenvalue weighted by atomic mass is 9.92. The summed E-state index contributed by atoms with van der Waals surface area (Å²) < 4.78 is 32.6. The molecule has 22 heavy (non-hydrogen) atoms. The molecule has 0 amide bonds. The minimum atomic E-state index is -0.857. The van der Waals surface area contributed by atoms with Crippen LogP contribution in [-0.4, -0.2) is 13.1 Å². The molecule has 1 heterocycles. The van der Waals surface area contributed by atoms with Crippen LogP contribution in [0.4, 0.5) is 8.78 Å². The van der Waals surface area contributed by atoms with E-state index in [4.69, 9.17) is 16.3 Å². The van der Waals surface area contributed by atoms with Gasteiger partial charge in [-0.3, -0.25) is 0 Å². The summed E-state index contributed by atoms with van der Waals surface area (Å²) in [4.78, 5) is 0. The van der Waals surface area contributed by atoms with Gasteiger partial charge in [-0.2, -0.15) is 0 Å². The summed E-state index contributed by atoms with van der Waals surface area (Å²) in [7, 11) is 0. The van der Waals surface area contributed by atoms with Gasteiger partial charge in [0.05, 0.1) is 0 Å². The Bertz CT molecular complexity index is 661. The fourth-order valence-corrected chi connectivity index (χ4v) is 2.67. The molecule has 2 nitrogen and oxygen atoms in total. The maximum atomic E-state index is 13.5. The Morgan fingerprint density at radius 3 is 2.59 bits per heavy atom. The molecule has 5 heteroatoms. The minimum Gasteiger partial charge on any atom is -0.486 e. The van der Waals surface area contributed by atoms with Crippen LogP contribution in [0.1, 0.15) is 18.1 Å². The highest BCUT2D eigenvalue weighted by Crippen LogP contribution is 2.31. The smallest absolute Gasteiger partial charge is 0.159 e. The second kappa shape index (κ2) is 6.63. The molecule has 0 bridgehead atoms. The van der Waals surface area contributed by atoms with Gasteiger partial charge in [0.2, 0.25) is 0 Å². The molecule has 0 aromatic heterocycles. The lowest BCUT2D eigenvalue weighted by Gasteiger charge is -2.31. The van der Waals surface area contributed by atoms with Crippen LogP contribution in [0, 0.1) is 17.6 Å². The summed E-state index contributed by atoms with van der Waals surface area (Å²) in [5, 5.41) is 3.78. The molecule has 1 unspecified atom stereocenters. The van der Waals surface area contributed by atoms with E-state index in [0.29, 0.717) is 22.3 Å². The van der Waals surface area contributed by atoms with E-state index in [1.54, 1.807) is 30.3 Å². The maximum absolute atomic E-state index is 13.5. The van der Waals surface area contributed by atoms with Gasteiger partial charge in [0.25, 0.3) is 0 Å². The first-order chi connectivity index (χ1) is 10.6. The number of nitrogens with one attached hydrogen (secondary N) is 1. The monoisotopic (exact) mass is 323 g/mol. The van der Waals surface area contributed by atoms with Crippen molar-refractivity contribution in [2.45, 2.75) is 12.5 Å². The van der Waals surface area contributed by atoms with Crippen LogP contribution in [0.25, 0.3) is 0 Å². The highest BCUT2D eigenvalue weighted by atomic mass is 35.5. The summed E-state index contributed by atoms with van der Waals surface area (Å²) in [6, 6.07) is 11.0. The van der Waals surface area contributed by atoms with Crippen molar-refractivity contribution >= 4 is 11.6 Å². The van der Waals surface area contributed by atoms with Crippen molar-refractivity contribution in [1.82, 2.24) is 5.32 Å². The van der Waals surface area contributed by atoms with Gasteiger partial charge in [0.1, 0.15) is 11.9 Å². The van der Waals surface area contributed by atoms with Gasteiger partial charge in [-0.05, 0) is 61.3 Å². The molecule has 116 valence electrons. The van der Waals surface area contributed by atoms with Crippen LogP contribution >= 0.6 is 11.6 Å². The van der Waals surface area contributed by atoms with Crippen molar-refractivity contribution < 1.29 is 13.5 Å². The Morgan fingerprint density at radius 1 is 1.14 bits per heavy atom. The van der Waals surface area contributed by atoms with Crippen molar-refractivity contribution in [3.63, 3.8) is 0 Å². The summed E-state index contributed by atoms with van der Waals surface area (Å²) >= 11 is 5.96. The van der Waals surface area contributed by atoms with Gasteiger partial charge in [-0.25, -0.2) is 8.78 Å². The van der Waals surface area contributed by atoms with Crippen molar-refractivity contribution in [1.29, 1.82) is 0 Å². The Morgan fingerprint density at radius 2 is 1.95 bits per heavy atom. The maximum Gasteiger partial charge on any atom is 0.159 e. The first-order valence-electron chi connectivity index (χ1n) is 7.19. The van der Waals surface area contributed by atoms with Gasteiger partial charge in [-0.15, -0.1) is 0 Å². The molecule has 1 saturated heterocycles. The lowest BCUT2D eigenvalue weighted by Crippen LogP contribution is -2.43. The molecular weight excluding hydrogens is 308 g/mol. The van der Waals surface area contributed by atoms with Crippen molar-refractivity contribution in [2.75, 3.05) is 13.1 Å². The number of ether oxygens (including phenoxy) is 1. The number of hydrogen-bond acceptors (Lipinski definition) is 2. The Balaban J connectivity index is 1.83. The first-order valence-corrected chi connectivity index (χ1v) is 7.57. The van der Waals surface area contributed by atoms with Crippen LogP contribution < -0.4 is 10.1 Å².